The second-order valence-electron chi connectivity index (χ2n) is 5.11. The average molecular weight is 335 g/mol. The molecule has 1 aromatic carbocycles. The molecule has 0 aliphatic carbocycles. The molecule has 0 saturated heterocycles. The molecule has 2 heterocycles. The van der Waals surface area contributed by atoms with Crippen LogP contribution in [0, 0.1) is 6.92 Å². The summed E-state index contributed by atoms with van der Waals surface area (Å²) in [7, 11) is 0. The van der Waals surface area contributed by atoms with E-state index in [9.17, 15) is 18.0 Å². The normalized spacial score (nSPS) is 11.7. The number of nitrogens with one attached hydrogen (secondary N) is 1. The van der Waals surface area contributed by atoms with Gasteiger partial charge in [-0.2, -0.15) is 18.2 Å². The van der Waals surface area contributed by atoms with Crippen molar-refractivity contribution in [3.05, 3.63) is 59.2 Å². The topological polar surface area (TPSA) is 72.2 Å². The lowest BCUT2D eigenvalue weighted by Gasteiger charge is -2.09. The van der Waals surface area contributed by atoms with Crippen LogP contribution in [-0.2, 0) is 12.7 Å². The van der Waals surface area contributed by atoms with Crippen LogP contribution in [0.1, 0.15) is 27.4 Å². The summed E-state index contributed by atoms with van der Waals surface area (Å²) in [5, 5.41) is 6.53. The summed E-state index contributed by atoms with van der Waals surface area (Å²) in [6, 6.07) is 6.47. The number of aromatic nitrogens is 4. The number of hydrogen-bond donors (Lipinski definition) is 1. The maximum atomic E-state index is 12.7. The van der Waals surface area contributed by atoms with E-state index < -0.39 is 17.6 Å². The molecular weight excluding hydrogens is 323 g/mol. The number of alkyl halides is 3. The number of rotatable bonds is 3. The molecule has 0 fully saturated rings. The molecule has 1 amide bonds. The molecule has 0 atom stereocenters. The molecular formula is C15H12F3N5O. The van der Waals surface area contributed by atoms with Crippen LogP contribution in [0.15, 0.2) is 36.5 Å². The molecule has 1 N–H and O–H groups in total. The van der Waals surface area contributed by atoms with Gasteiger partial charge in [0.2, 0.25) is 5.82 Å². The summed E-state index contributed by atoms with van der Waals surface area (Å²) in [5.41, 5.74) is 0.320. The van der Waals surface area contributed by atoms with Crippen LogP contribution in [0.2, 0.25) is 0 Å². The van der Waals surface area contributed by atoms with Crippen LogP contribution < -0.4 is 5.32 Å². The van der Waals surface area contributed by atoms with Crippen molar-refractivity contribution in [2.45, 2.75) is 19.6 Å². The summed E-state index contributed by atoms with van der Waals surface area (Å²) in [4.78, 5) is 20.1. The quantitative estimate of drug-likeness (QED) is 0.798. The van der Waals surface area contributed by atoms with Crippen molar-refractivity contribution >= 4 is 11.7 Å². The fraction of sp³-hybridized carbons (Fsp3) is 0.200. The molecule has 6 nitrogen and oxygen atoms in total. The van der Waals surface area contributed by atoms with E-state index in [1.165, 1.54) is 16.6 Å². The van der Waals surface area contributed by atoms with Gasteiger partial charge in [-0.25, -0.2) is 9.50 Å². The molecule has 24 heavy (non-hydrogen) atoms. The average Bonchev–Trinajstić information content (AvgIpc) is 2.98. The molecule has 0 unspecified atom stereocenters. The van der Waals surface area contributed by atoms with Crippen molar-refractivity contribution in [2.24, 2.45) is 0 Å². The van der Waals surface area contributed by atoms with E-state index in [-0.39, 0.29) is 18.1 Å². The van der Waals surface area contributed by atoms with E-state index >= 15 is 0 Å². The number of benzene rings is 1. The zero-order valence-electron chi connectivity index (χ0n) is 12.5. The number of hydrogen-bond acceptors (Lipinski definition) is 4. The van der Waals surface area contributed by atoms with Crippen molar-refractivity contribution in [3.8, 4) is 0 Å². The molecule has 0 aliphatic heterocycles. The number of amides is 1. The third-order valence-electron chi connectivity index (χ3n) is 3.34. The van der Waals surface area contributed by atoms with Gasteiger partial charge in [0.05, 0.1) is 5.56 Å². The molecule has 0 bridgehead atoms. The number of nitrogens with zero attached hydrogens (tertiary/aromatic N) is 4. The molecule has 9 heteroatoms. The van der Waals surface area contributed by atoms with Gasteiger partial charge >= 0.3 is 6.18 Å². The minimum atomic E-state index is -4.42. The highest BCUT2D eigenvalue weighted by molar-refractivity contribution is 5.90. The first-order valence-electron chi connectivity index (χ1n) is 6.97. The highest BCUT2D eigenvalue weighted by Gasteiger charge is 2.30. The molecule has 3 aromatic rings. The van der Waals surface area contributed by atoms with E-state index in [1.54, 1.807) is 19.2 Å². The molecule has 0 radical (unpaired) electrons. The Hall–Kier alpha value is -2.97. The number of fused-ring (bicyclic) bond motifs is 1. The Balaban J connectivity index is 1.74. The predicted octanol–water partition coefficient (Wildman–Crippen LogP) is 2.38. The van der Waals surface area contributed by atoms with Crippen LogP contribution in [0.25, 0.3) is 5.78 Å². The number of carbonyl (C=O) groups is 1. The fourth-order valence-electron chi connectivity index (χ4n) is 2.12. The number of aryl methyl sites for hydroxylation is 1. The fourth-order valence-corrected chi connectivity index (χ4v) is 2.12. The van der Waals surface area contributed by atoms with Crippen LogP contribution in [-0.4, -0.2) is 25.5 Å². The summed E-state index contributed by atoms with van der Waals surface area (Å²) in [6.45, 7) is 1.72. The Kier molecular flexibility index (Phi) is 3.92. The smallest absolute Gasteiger partial charge is 0.345 e. The van der Waals surface area contributed by atoms with Crippen molar-refractivity contribution in [2.75, 3.05) is 0 Å². The van der Waals surface area contributed by atoms with E-state index in [2.05, 4.69) is 20.4 Å². The Labute approximate surface area is 134 Å². The van der Waals surface area contributed by atoms with Crippen molar-refractivity contribution < 1.29 is 18.0 Å². The van der Waals surface area contributed by atoms with Crippen LogP contribution in [0.5, 0.6) is 0 Å². The zero-order chi connectivity index (χ0) is 17.3. The van der Waals surface area contributed by atoms with Gasteiger partial charge in [0, 0.05) is 18.4 Å². The lowest BCUT2D eigenvalue weighted by atomic mass is 10.1. The van der Waals surface area contributed by atoms with Gasteiger partial charge < -0.3 is 5.32 Å². The third-order valence-corrected chi connectivity index (χ3v) is 3.34. The SMILES string of the molecule is Cc1ccnc2nc(C(=O)NCc3cccc(C(F)(F)F)c3)nn12. The summed E-state index contributed by atoms with van der Waals surface area (Å²) in [6.07, 6.45) is -2.88. The molecule has 0 saturated carbocycles. The second kappa shape index (κ2) is 5.91. The van der Waals surface area contributed by atoms with Crippen molar-refractivity contribution in [1.82, 2.24) is 24.9 Å². The maximum absolute atomic E-state index is 12.7. The van der Waals surface area contributed by atoms with Crippen molar-refractivity contribution in [3.63, 3.8) is 0 Å². The lowest BCUT2D eigenvalue weighted by Crippen LogP contribution is -2.24. The van der Waals surface area contributed by atoms with E-state index in [0.717, 1.165) is 17.8 Å². The van der Waals surface area contributed by atoms with Crippen LogP contribution in [0.3, 0.4) is 0 Å². The van der Waals surface area contributed by atoms with E-state index in [0.29, 0.717) is 5.56 Å². The Morgan fingerprint density at radius 3 is 2.79 bits per heavy atom. The Morgan fingerprint density at radius 1 is 1.29 bits per heavy atom. The number of halogens is 3. The van der Waals surface area contributed by atoms with Gasteiger partial charge in [-0.3, -0.25) is 4.79 Å². The Bertz CT molecular complexity index is 904. The standard InChI is InChI=1S/C15H12F3N5O/c1-9-5-6-19-14-21-12(22-23(9)14)13(24)20-8-10-3-2-4-11(7-10)15(16,17)18/h2-7H,8H2,1H3,(H,20,24). The zero-order valence-corrected chi connectivity index (χ0v) is 12.5. The summed E-state index contributed by atoms with van der Waals surface area (Å²) >= 11 is 0. The van der Waals surface area contributed by atoms with Crippen LogP contribution >= 0.6 is 0 Å². The highest BCUT2D eigenvalue weighted by atomic mass is 19.4. The molecule has 0 aliphatic rings. The first-order chi connectivity index (χ1) is 11.3. The van der Waals surface area contributed by atoms with Gasteiger partial charge in [0.15, 0.2) is 0 Å². The van der Waals surface area contributed by atoms with Gasteiger partial charge in [-0.1, -0.05) is 12.1 Å². The van der Waals surface area contributed by atoms with E-state index in [4.69, 9.17) is 0 Å². The highest BCUT2D eigenvalue weighted by Crippen LogP contribution is 2.29. The molecule has 2 aromatic heterocycles. The summed E-state index contributed by atoms with van der Waals surface area (Å²) < 4.78 is 39.4. The Morgan fingerprint density at radius 2 is 2.08 bits per heavy atom. The lowest BCUT2D eigenvalue weighted by molar-refractivity contribution is -0.137. The minimum absolute atomic E-state index is 0.0648. The first-order valence-corrected chi connectivity index (χ1v) is 6.97. The van der Waals surface area contributed by atoms with Crippen LogP contribution in [0.4, 0.5) is 13.2 Å². The maximum Gasteiger partial charge on any atom is 0.416 e. The first kappa shape index (κ1) is 15.9. The van der Waals surface area contributed by atoms with Crippen molar-refractivity contribution in [1.29, 1.82) is 0 Å². The van der Waals surface area contributed by atoms with Gasteiger partial charge in [-0.15, -0.1) is 5.10 Å². The molecule has 124 valence electrons. The third kappa shape index (κ3) is 3.19. The minimum Gasteiger partial charge on any atom is -0.345 e. The monoisotopic (exact) mass is 335 g/mol. The molecule has 0 spiro atoms. The second-order valence-corrected chi connectivity index (χ2v) is 5.11. The number of carbonyl (C=O) groups excluding carboxylic acids is 1. The molecule has 3 rings (SSSR count). The predicted molar refractivity (Wildman–Crippen MR) is 78.1 cm³/mol. The summed E-state index contributed by atoms with van der Waals surface area (Å²) in [5.74, 6) is -0.402. The largest absolute Gasteiger partial charge is 0.416 e. The van der Waals surface area contributed by atoms with Gasteiger partial charge in [-0.05, 0) is 30.7 Å². The van der Waals surface area contributed by atoms with Gasteiger partial charge in [0.1, 0.15) is 0 Å². The van der Waals surface area contributed by atoms with Gasteiger partial charge in [0.25, 0.3) is 11.7 Å². The van der Waals surface area contributed by atoms with E-state index in [1.807, 2.05) is 0 Å².